The largest absolute Gasteiger partial charge is 0.478 e. The van der Waals surface area contributed by atoms with Gasteiger partial charge in [0.05, 0.1) is 5.56 Å². The molecule has 1 aliphatic rings. The Balaban J connectivity index is 1.77. The van der Waals surface area contributed by atoms with Gasteiger partial charge in [0.1, 0.15) is 5.00 Å². The van der Waals surface area contributed by atoms with Crippen LogP contribution in [0, 0.1) is 12.8 Å². The Bertz CT molecular complexity index is 504. The van der Waals surface area contributed by atoms with Crippen LogP contribution < -0.4 is 5.32 Å². The van der Waals surface area contributed by atoms with Gasteiger partial charge in [-0.25, -0.2) is 4.79 Å². The maximum atomic E-state index is 11.9. The first-order valence-corrected chi connectivity index (χ1v) is 8.51. The van der Waals surface area contributed by atoms with Crippen LogP contribution in [-0.2, 0) is 4.79 Å². The summed E-state index contributed by atoms with van der Waals surface area (Å²) < 4.78 is 0. The van der Waals surface area contributed by atoms with E-state index in [1.54, 1.807) is 6.07 Å². The summed E-state index contributed by atoms with van der Waals surface area (Å²) in [5.41, 5.74) is 0.193. The molecule has 1 saturated carbocycles. The maximum Gasteiger partial charge on any atom is 0.338 e. The van der Waals surface area contributed by atoms with Gasteiger partial charge in [-0.2, -0.15) is 0 Å². The van der Waals surface area contributed by atoms with Gasteiger partial charge in [0.15, 0.2) is 0 Å². The first-order chi connectivity index (χ1) is 10.1. The van der Waals surface area contributed by atoms with Gasteiger partial charge in [0.25, 0.3) is 0 Å². The third kappa shape index (κ3) is 4.84. The minimum atomic E-state index is -0.989. The van der Waals surface area contributed by atoms with Gasteiger partial charge in [-0.05, 0) is 31.7 Å². The highest BCUT2D eigenvalue weighted by molar-refractivity contribution is 7.16. The van der Waals surface area contributed by atoms with Crippen molar-refractivity contribution in [1.29, 1.82) is 0 Å². The van der Waals surface area contributed by atoms with Crippen molar-refractivity contribution >= 4 is 28.2 Å². The van der Waals surface area contributed by atoms with E-state index in [9.17, 15) is 9.59 Å². The molecule has 2 N–H and O–H groups in total. The summed E-state index contributed by atoms with van der Waals surface area (Å²) >= 11 is 1.32. The van der Waals surface area contributed by atoms with Crippen LogP contribution in [0.5, 0.6) is 0 Å². The van der Waals surface area contributed by atoms with E-state index in [-0.39, 0.29) is 11.5 Å². The zero-order valence-corrected chi connectivity index (χ0v) is 13.3. The van der Waals surface area contributed by atoms with E-state index in [2.05, 4.69) is 5.32 Å². The first-order valence-electron chi connectivity index (χ1n) is 7.70. The lowest BCUT2D eigenvalue weighted by Crippen LogP contribution is -2.13. The molecule has 21 heavy (non-hydrogen) atoms. The summed E-state index contributed by atoms with van der Waals surface area (Å²) in [4.78, 5) is 23.9. The molecule has 0 radical (unpaired) electrons. The van der Waals surface area contributed by atoms with Crippen molar-refractivity contribution < 1.29 is 14.7 Å². The van der Waals surface area contributed by atoms with Crippen molar-refractivity contribution in [3.8, 4) is 0 Å². The van der Waals surface area contributed by atoms with Gasteiger partial charge in [-0.1, -0.05) is 32.1 Å². The molecule has 0 spiro atoms. The molecule has 0 unspecified atom stereocenters. The highest BCUT2D eigenvalue weighted by Crippen LogP contribution is 2.29. The predicted molar refractivity (Wildman–Crippen MR) is 85.1 cm³/mol. The third-order valence-electron chi connectivity index (χ3n) is 4.08. The second-order valence-corrected chi connectivity index (χ2v) is 7.11. The number of anilines is 1. The Labute approximate surface area is 129 Å². The van der Waals surface area contributed by atoms with Crippen molar-refractivity contribution in [2.24, 2.45) is 5.92 Å². The van der Waals surface area contributed by atoms with Crippen LogP contribution in [0.2, 0.25) is 0 Å². The summed E-state index contributed by atoms with van der Waals surface area (Å²) in [6, 6.07) is 1.60. The second kappa shape index (κ2) is 7.59. The molecule has 0 atom stereocenters. The fraction of sp³-hybridized carbons (Fsp3) is 0.625. The number of carbonyl (C=O) groups excluding carboxylic acids is 1. The number of carbonyl (C=O) groups is 2. The quantitative estimate of drug-likeness (QED) is 0.816. The molecule has 5 heteroatoms. The van der Waals surface area contributed by atoms with E-state index in [1.165, 1.54) is 43.4 Å². The van der Waals surface area contributed by atoms with Gasteiger partial charge in [-0.15, -0.1) is 11.3 Å². The Morgan fingerprint density at radius 1 is 1.33 bits per heavy atom. The third-order valence-corrected chi connectivity index (χ3v) is 5.05. The average Bonchev–Trinajstić information content (AvgIpc) is 2.81. The number of aryl methyl sites for hydroxylation is 1. The van der Waals surface area contributed by atoms with E-state index in [1.807, 2.05) is 6.92 Å². The monoisotopic (exact) mass is 309 g/mol. The fourth-order valence-corrected chi connectivity index (χ4v) is 3.90. The lowest BCUT2D eigenvalue weighted by Gasteiger charge is -2.21. The van der Waals surface area contributed by atoms with Crippen LogP contribution in [0.1, 0.15) is 66.6 Å². The zero-order valence-electron chi connectivity index (χ0n) is 12.5. The molecule has 0 bridgehead atoms. The molecule has 1 fully saturated rings. The molecule has 0 aliphatic heterocycles. The topological polar surface area (TPSA) is 66.4 Å². The van der Waals surface area contributed by atoms with Gasteiger partial charge >= 0.3 is 5.97 Å². The van der Waals surface area contributed by atoms with Gasteiger partial charge in [-0.3, -0.25) is 4.79 Å². The standard InChI is InChI=1S/C16H23NO3S/c1-11-10-13(16(19)20)15(21-11)17-14(18)9-5-8-12-6-3-2-4-7-12/h10,12H,2-9H2,1H3,(H,17,18)(H,19,20). The number of nitrogens with one attached hydrogen (secondary N) is 1. The summed E-state index contributed by atoms with van der Waals surface area (Å²) in [6.07, 6.45) is 9.09. The molecule has 1 heterocycles. The number of aromatic carboxylic acids is 1. The van der Waals surface area contributed by atoms with Gasteiger partial charge in [0.2, 0.25) is 5.91 Å². The Morgan fingerprint density at radius 3 is 2.71 bits per heavy atom. The van der Waals surface area contributed by atoms with Crippen LogP contribution in [0.25, 0.3) is 0 Å². The van der Waals surface area contributed by atoms with E-state index < -0.39 is 5.97 Å². The van der Waals surface area contributed by atoms with Crippen LogP contribution in [0.3, 0.4) is 0 Å². The highest BCUT2D eigenvalue weighted by Gasteiger charge is 2.17. The first kappa shape index (κ1) is 16.0. The molecule has 0 aromatic carbocycles. The number of rotatable bonds is 6. The minimum Gasteiger partial charge on any atom is -0.478 e. The molecule has 1 aromatic heterocycles. The van der Waals surface area contributed by atoms with Crippen molar-refractivity contribution in [3.05, 3.63) is 16.5 Å². The van der Waals surface area contributed by atoms with E-state index in [0.29, 0.717) is 11.4 Å². The fourth-order valence-electron chi connectivity index (χ4n) is 2.98. The molecule has 1 amide bonds. The Hall–Kier alpha value is -1.36. The second-order valence-electron chi connectivity index (χ2n) is 5.85. The van der Waals surface area contributed by atoms with Crippen LogP contribution >= 0.6 is 11.3 Å². The molecule has 4 nitrogen and oxygen atoms in total. The number of thiophene rings is 1. The van der Waals surface area contributed by atoms with Crippen molar-refractivity contribution in [2.45, 2.75) is 58.3 Å². The predicted octanol–water partition coefficient (Wildman–Crippen LogP) is 4.44. The highest BCUT2D eigenvalue weighted by atomic mass is 32.1. The molecule has 0 saturated heterocycles. The molecular formula is C16H23NO3S. The Kier molecular flexibility index (Phi) is 5.79. The van der Waals surface area contributed by atoms with Gasteiger partial charge in [0, 0.05) is 11.3 Å². The Morgan fingerprint density at radius 2 is 2.05 bits per heavy atom. The maximum absolute atomic E-state index is 11.9. The van der Waals surface area contributed by atoms with Crippen molar-refractivity contribution in [2.75, 3.05) is 5.32 Å². The lowest BCUT2D eigenvalue weighted by atomic mass is 9.86. The van der Waals surface area contributed by atoms with Crippen LogP contribution in [0.15, 0.2) is 6.07 Å². The average molecular weight is 309 g/mol. The van der Waals surface area contributed by atoms with Crippen molar-refractivity contribution in [1.82, 2.24) is 0 Å². The number of amides is 1. The van der Waals surface area contributed by atoms with Crippen LogP contribution in [0.4, 0.5) is 5.00 Å². The normalized spacial score (nSPS) is 15.9. The van der Waals surface area contributed by atoms with Gasteiger partial charge < -0.3 is 10.4 Å². The summed E-state index contributed by atoms with van der Waals surface area (Å²) in [7, 11) is 0. The van der Waals surface area contributed by atoms with E-state index in [0.717, 1.165) is 23.6 Å². The molecule has 1 aromatic rings. The molecular weight excluding hydrogens is 286 g/mol. The number of hydrogen-bond donors (Lipinski definition) is 2. The van der Waals surface area contributed by atoms with E-state index in [4.69, 9.17) is 5.11 Å². The number of hydrogen-bond acceptors (Lipinski definition) is 3. The van der Waals surface area contributed by atoms with Crippen LogP contribution in [-0.4, -0.2) is 17.0 Å². The molecule has 1 aliphatic carbocycles. The number of carboxylic acid groups (broad SMARTS) is 1. The SMILES string of the molecule is Cc1cc(C(=O)O)c(NC(=O)CCCC2CCCCC2)s1. The summed E-state index contributed by atoms with van der Waals surface area (Å²) in [5.74, 6) is -0.280. The molecule has 2 rings (SSSR count). The number of carboxylic acids is 1. The lowest BCUT2D eigenvalue weighted by molar-refractivity contribution is -0.116. The summed E-state index contributed by atoms with van der Waals surface area (Å²) in [6.45, 7) is 1.84. The zero-order chi connectivity index (χ0) is 15.2. The van der Waals surface area contributed by atoms with E-state index >= 15 is 0 Å². The smallest absolute Gasteiger partial charge is 0.338 e. The minimum absolute atomic E-state index is 0.0739. The summed E-state index contributed by atoms with van der Waals surface area (Å²) in [5, 5.41) is 12.3. The van der Waals surface area contributed by atoms with Crippen molar-refractivity contribution in [3.63, 3.8) is 0 Å². The molecule has 116 valence electrons.